The first-order chi connectivity index (χ1) is 9.38. The Morgan fingerprint density at radius 3 is 2.85 bits per heavy atom. The van der Waals surface area contributed by atoms with Crippen molar-refractivity contribution >= 4 is 21.4 Å². The highest BCUT2D eigenvalue weighted by Crippen LogP contribution is 2.21. The summed E-state index contributed by atoms with van der Waals surface area (Å²) in [7, 11) is -3.43. The van der Waals surface area contributed by atoms with E-state index in [-0.39, 0.29) is 23.3 Å². The van der Waals surface area contributed by atoms with Crippen LogP contribution in [0.4, 0.5) is 4.39 Å². The van der Waals surface area contributed by atoms with Crippen LogP contribution in [0.2, 0.25) is 5.02 Å². The van der Waals surface area contributed by atoms with Crippen molar-refractivity contribution in [2.45, 2.75) is 11.7 Å². The number of nitrogens with zero attached hydrogens (tertiary/aromatic N) is 3. The fourth-order valence-corrected chi connectivity index (χ4v) is 2.44. The molecule has 2 rings (SSSR count). The molecule has 20 heavy (non-hydrogen) atoms. The van der Waals surface area contributed by atoms with Gasteiger partial charge in [-0.1, -0.05) is 11.6 Å². The van der Waals surface area contributed by atoms with Crippen LogP contribution in [0.25, 0.3) is 0 Å². The quantitative estimate of drug-likeness (QED) is 0.836. The maximum absolute atomic E-state index is 13.0. The molecule has 0 saturated carbocycles. The summed E-state index contributed by atoms with van der Waals surface area (Å²) in [5.41, 5.74) is 0. The van der Waals surface area contributed by atoms with E-state index in [4.69, 9.17) is 16.3 Å². The number of aromatic nitrogens is 3. The highest BCUT2D eigenvalue weighted by atomic mass is 35.5. The lowest BCUT2D eigenvalue weighted by atomic mass is 10.3. The smallest absolute Gasteiger partial charge is 0.245 e. The average molecular weight is 320 g/mol. The lowest BCUT2D eigenvalue weighted by molar-refractivity contribution is 0.284. The molecule has 1 heterocycles. The maximum atomic E-state index is 13.0. The van der Waals surface area contributed by atoms with Gasteiger partial charge in [0.25, 0.3) is 0 Å². The fourth-order valence-electron chi connectivity index (χ4n) is 1.51. The van der Waals surface area contributed by atoms with Gasteiger partial charge in [-0.15, -0.1) is 0 Å². The summed E-state index contributed by atoms with van der Waals surface area (Å²) in [5, 5.41) is 3.64. The van der Waals surface area contributed by atoms with Gasteiger partial charge in [0.1, 0.15) is 24.5 Å². The minimum absolute atomic E-state index is 0.0416. The van der Waals surface area contributed by atoms with E-state index in [0.29, 0.717) is 5.75 Å². The summed E-state index contributed by atoms with van der Waals surface area (Å²) in [6.45, 7) is 0.339. The molecule has 0 fully saturated rings. The molecule has 1 aromatic carbocycles. The van der Waals surface area contributed by atoms with Crippen molar-refractivity contribution in [1.82, 2.24) is 14.8 Å². The van der Waals surface area contributed by atoms with Crippen molar-refractivity contribution < 1.29 is 17.5 Å². The zero-order valence-corrected chi connectivity index (χ0v) is 12.0. The molecule has 0 aliphatic heterocycles. The normalized spacial score (nSPS) is 11.6. The zero-order chi connectivity index (χ0) is 14.8. The molecular weight excluding hydrogens is 309 g/mol. The van der Waals surface area contributed by atoms with E-state index in [1.807, 2.05) is 0 Å². The Bertz CT molecular complexity index is 717. The van der Waals surface area contributed by atoms with Crippen LogP contribution in [0.1, 0.15) is 0 Å². The van der Waals surface area contributed by atoms with E-state index in [9.17, 15) is 12.8 Å². The van der Waals surface area contributed by atoms with Gasteiger partial charge in [-0.25, -0.2) is 22.5 Å². The highest BCUT2D eigenvalue weighted by molar-refractivity contribution is 7.90. The zero-order valence-electron chi connectivity index (χ0n) is 10.5. The van der Waals surface area contributed by atoms with E-state index in [0.717, 1.165) is 12.6 Å². The van der Waals surface area contributed by atoms with Crippen LogP contribution in [-0.4, -0.2) is 36.0 Å². The number of halogens is 2. The van der Waals surface area contributed by atoms with Gasteiger partial charge in [-0.3, -0.25) is 0 Å². The SMILES string of the molecule is CS(=O)(=O)c1ncnn1CCOc1ccc(F)c(Cl)c1. The minimum Gasteiger partial charge on any atom is -0.492 e. The molecule has 1 aromatic heterocycles. The molecule has 6 nitrogen and oxygen atoms in total. The third kappa shape index (κ3) is 3.45. The summed E-state index contributed by atoms with van der Waals surface area (Å²) in [5.74, 6) is -0.146. The average Bonchev–Trinajstić information content (AvgIpc) is 2.82. The Labute approximate surface area is 120 Å². The second-order valence-corrected chi connectivity index (χ2v) is 6.28. The fraction of sp³-hybridized carbons (Fsp3) is 0.273. The molecule has 0 bridgehead atoms. The van der Waals surface area contributed by atoms with Crippen molar-refractivity contribution in [1.29, 1.82) is 0 Å². The molecule has 0 aliphatic carbocycles. The summed E-state index contributed by atoms with van der Waals surface area (Å²) < 4.78 is 42.3. The topological polar surface area (TPSA) is 74.1 Å². The van der Waals surface area contributed by atoms with Crippen LogP contribution < -0.4 is 4.74 Å². The maximum Gasteiger partial charge on any atom is 0.245 e. The van der Waals surface area contributed by atoms with Gasteiger partial charge in [-0.05, 0) is 12.1 Å². The lowest BCUT2D eigenvalue weighted by Gasteiger charge is -2.08. The van der Waals surface area contributed by atoms with Crippen molar-refractivity contribution in [3.63, 3.8) is 0 Å². The molecular formula is C11H11ClFN3O3S. The number of hydrogen-bond donors (Lipinski definition) is 0. The Kier molecular flexibility index (Phi) is 4.24. The molecule has 0 amide bonds. The van der Waals surface area contributed by atoms with Gasteiger partial charge in [-0.2, -0.15) is 5.10 Å². The van der Waals surface area contributed by atoms with E-state index >= 15 is 0 Å². The van der Waals surface area contributed by atoms with Crippen LogP contribution in [0.15, 0.2) is 29.7 Å². The van der Waals surface area contributed by atoms with Gasteiger partial charge in [0.2, 0.25) is 15.0 Å². The molecule has 0 unspecified atom stereocenters. The van der Waals surface area contributed by atoms with Crippen molar-refractivity contribution in [2.75, 3.05) is 12.9 Å². The molecule has 0 spiro atoms. The number of sulfone groups is 1. The van der Waals surface area contributed by atoms with Gasteiger partial charge >= 0.3 is 0 Å². The second-order valence-electron chi connectivity index (χ2n) is 3.96. The molecule has 0 N–H and O–H groups in total. The van der Waals surface area contributed by atoms with Gasteiger partial charge in [0, 0.05) is 12.3 Å². The first kappa shape index (κ1) is 14.7. The second kappa shape index (κ2) is 5.76. The largest absolute Gasteiger partial charge is 0.492 e. The molecule has 0 aliphatic rings. The third-order valence-electron chi connectivity index (χ3n) is 2.37. The predicted octanol–water partition coefficient (Wildman–Crippen LogP) is 1.55. The lowest BCUT2D eigenvalue weighted by Crippen LogP contribution is -2.15. The summed E-state index contributed by atoms with van der Waals surface area (Å²) in [6.07, 6.45) is 2.21. The standard InChI is InChI=1S/C11H11ClFN3O3S/c1-20(17,18)11-14-7-15-16(11)4-5-19-8-2-3-10(13)9(12)6-8/h2-3,6-7H,4-5H2,1H3. The first-order valence-corrected chi connectivity index (χ1v) is 7.80. The molecule has 0 saturated heterocycles. The highest BCUT2D eigenvalue weighted by Gasteiger charge is 2.15. The van der Waals surface area contributed by atoms with E-state index < -0.39 is 15.7 Å². The Hall–Kier alpha value is -1.67. The third-order valence-corrected chi connectivity index (χ3v) is 3.64. The Morgan fingerprint density at radius 2 is 2.20 bits per heavy atom. The van der Waals surface area contributed by atoms with E-state index in [2.05, 4.69) is 10.1 Å². The van der Waals surface area contributed by atoms with Crippen molar-refractivity contribution in [3.05, 3.63) is 35.4 Å². The summed E-state index contributed by atoms with van der Waals surface area (Å²) >= 11 is 5.62. The summed E-state index contributed by atoms with van der Waals surface area (Å²) in [4.78, 5) is 3.68. The minimum atomic E-state index is -3.43. The van der Waals surface area contributed by atoms with E-state index in [1.54, 1.807) is 0 Å². The van der Waals surface area contributed by atoms with E-state index in [1.165, 1.54) is 22.9 Å². The van der Waals surface area contributed by atoms with Crippen LogP contribution in [0.3, 0.4) is 0 Å². The Morgan fingerprint density at radius 1 is 1.45 bits per heavy atom. The number of benzene rings is 1. The predicted molar refractivity (Wildman–Crippen MR) is 70.0 cm³/mol. The molecule has 0 radical (unpaired) electrons. The van der Waals surface area contributed by atoms with Crippen LogP contribution in [0.5, 0.6) is 5.75 Å². The van der Waals surface area contributed by atoms with Gasteiger partial charge in [0.05, 0.1) is 11.6 Å². The molecule has 108 valence electrons. The van der Waals surface area contributed by atoms with Gasteiger partial charge < -0.3 is 4.74 Å². The first-order valence-electron chi connectivity index (χ1n) is 5.53. The Balaban J connectivity index is 2.00. The van der Waals surface area contributed by atoms with Crippen LogP contribution in [-0.2, 0) is 16.4 Å². The van der Waals surface area contributed by atoms with Crippen molar-refractivity contribution in [2.24, 2.45) is 0 Å². The number of hydrogen-bond acceptors (Lipinski definition) is 5. The monoisotopic (exact) mass is 319 g/mol. The van der Waals surface area contributed by atoms with Crippen LogP contribution >= 0.6 is 11.6 Å². The van der Waals surface area contributed by atoms with Gasteiger partial charge in [0.15, 0.2) is 0 Å². The van der Waals surface area contributed by atoms with Crippen LogP contribution in [0, 0.1) is 5.82 Å². The number of ether oxygens (including phenoxy) is 1. The summed E-state index contributed by atoms with van der Waals surface area (Å²) in [6, 6.07) is 3.96. The molecule has 2 aromatic rings. The van der Waals surface area contributed by atoms with Crippen molar-refractivity contribution in [3.8, 4) is 5.75 Å². The number of rotatable bonds is 5. The molecule has 9 heteroatoms. The molecule has 0 atom stereocenters.